The normalized spacial score (nSPS) is 13.5. The van der Waals surface area contributed by atoms with Crippen molar-refractivity contribution in [3.63, 3.8) is 0 Å². The predicted octanol–water partition coefficient (Wildman–Crippen LogP) is 9.35. The molecule has 1 amide bonds. The summed E-state index contributed by atoms with van der Waals surface area (Å²) in [5.74, 6) is 0.510. The van der Waals surface area contributed by atoms with Crippen LogP contribution in [0.1, 0.15) is 43.0 Å². The average Bonchev–Trinajstić information content (AvgIpc) is 4.01. The average molecular weight is 964 g/mol. The molecule has 4 heterocycles. The number of aryl methyl sites for hydroxylation is 1. The smallest absolute Gasteiger partial charge is 0.434 e. The van der Waals surface area contributed by atoms with Gasteiger partial charge in [0.05, 0.1) is 57.2 Å². The van der Waals surface area contributed by atoms with Crippen LogP contribution in [-0.2, 0) is 39.1 Å². The van der Waals surface area contributed by atoms with Gasteiger partial charge in [0.15, 0.2) is 5.82 Å². The number of nitrogens with two attached hydrogens (primary N) is 1. The van der Waals surface area contributed by atoms with Crippen molar-refractivity contribution >= 4 is 49.9 Å². The van der Waals surface area contributed by atoms with Gasteiger partial charge < -0.3 is 20.5 Å². The van der Waals surface area contributed by atoms with Gasteiger partial charge in [-0.15, -0.1) is 21.5 Å². The highest BCUT2D eigenvalue weighted by Gasteiger charge is 2.26. The summed E-state index contributed by atoms with van der Waals surface area (Å²) >= 11 is 1.48. The Morgan fingerprint density at radius 2 is 1.54 bits per heavy atom. The van der Waals surface area contributed by atoms with Crippen LogP contribution in [0.3, 0.4) is 0 Å². The van der Waals surface area contributed by atoms with Crippen molar-refractivity contribution in [3.8, 4) is 38.7 Å². The summed E-state index contributed by atoms with van der Waals surface area (Å²) in [5.41, 5.74) is 16.2. The molecule has 3 aromatic heterocycles. The number of carbonyl (C=O) groups excluding carboxylic acids is 1. The number of nitrogens with zero attached hydrogens (tertiary/aromatic N) is 8. The van der Waals surface area contributed by atoms with Gasteiger partial charge in [0, 0.05) is 49.2 Å². The number of carbonyl (C=O) groups is 1. The number of hydrogen-bond donors (Lipinski definition) is 2. The van der Waals surface area contributed by atoms with E-state index in [1.165, 1.54) is 22.0 Å². The first-order chi connectivity index (χ1) is 33.2. The van der Waals surface area contributed by atoms with E-state index in [0.717, 1.165) is 75.2 Å². The fourth-order valence-corrected chi connectivity index (χ4v) is 10.2. The molecule has 3 N–H and O–H groups in total. The molecule has 5 aromatic carbocycles. The highest BCUT2D eigenvalue weighted by atomic mass is 32.2. The molecule has 0 radical (unpaired) electrons. The number of fused-ring (bicyclic) bond motifs is 1. The molecular weight excluding hydrogens is 911 g/mol. The molecule has 9 rings (SSSR count). The first-order valence-electron chi connectivity index (χ1n) is 22.6. The van der Waals surface area contributed by atoms with Crippen molar-refractivity contribution in [1.29, 1.82) is 0 Å². The Kier molecular flexibility index (Phi) is 13.5. The lowest BCUT2D eigenvalue weighted by molar-refractivity contribution is -0.152. The number of phenolic OH excluding ortho intramolecular Hbond substituents is 1. The summed E-state index contributed by atoms with van der Waals surface area (Å²) in [7, 11) is -3.93. The first kappa shape index (κ1) is 46.9. The number of para-hydroxylation sites is 1. The lowest BCUT2D eigenvalue weighted by Gasteiger charge is -2.36. The molecule has 1 saturated heterocycles. The van der Waals surface area contributed by atoms with Gasteiger partial charge in [0.25, 0.3) is 10.0 Å². The standard InChI is InChI=1S/C52H53N9O6S2/c1-35-9-21-42(22-10-35)69(64,65)61-45-29-40(19-20-41(45)31-55-61)48-49(68-34-54-48)39-17-15-38(16-18-39)33-60(51(63)67-52(2,3)4)66-28-23-36-11-13-37(14-12-36)32-58-24-26-59(27-25-58)46-30-44(56-57-50(46)53)43-7-5-6-8-47(43)62/h5-22,29-31,34,62H,23-28,32-33H2,1-4H3,(H2,53,57). The number of anilines is 2. The van der Waals surface area contributed by atoms with Gasteiger partial charge >= 0.3 is 6.09 Å². The topological polar surface area (TPSA) is 182 Å². The summed E-state index contributed by atoms with van der Waals surface area (Å²) < 4.78 is 34.1. The number of hydroxylamine groups is 2. The molecule has 354 valence electrons. The van der Waals surface area contributed by atoms with Crippen molar-refractivity contribution in [3.05, 3.63) is 155 Å². The van der Waals surface area contributed by atoms with Crippen molar-refractivity contribution in [2.45, 2.75) is 57.7 Å². The SMILES string of the molecule is Cc1ccc(S(=O)(=O)n2ncc3ccc(-c4ncsc4-c4ccc(CN(OCCc5ccc(CN6CCN(c7cc(-c8ccccc8O)nnc7N)CC6)cc5)C(=O)OC(C)(C)C)cc4)cc32)cc1. The van der Waals surface area contributed by atoms with Gasteiger partial charge in [-0.1, -0.05) is 90.5 Å². The van der Waals surface area contributed by atoms with Crippen molar-refractivity contribution in [2.75, 3.05) is 43.4 Å². The van der Waals surface area contributed by atoms with E-state index in [0.29, 0.717) is 40.1 Å². The predicted molar refractivity (Wildman–Crippen MR) is 269 cm³/mol. The first-order valence-corrected chi connectivity index (χ1v) is 24.9. The van der Waals surface area contributed by atoms with Crippen LogP contribution in [0.15, 0.2) is 138 Å². The van der Waals surface area contributed by atoms with Gasteiger partial charge in [0.2, 0.25) is 0 Å². The van der Waals surface area contributed by atoms with Crippen molar-refractivity contribution in [1.82, 2.24) is 34.3 Å². The largest absolute Gasteiger partial charge is 0.507 e. The Morgan fingerprint density at radius 3 is 2.26 bits per heavy atom. The van der Waals surface area contributed by atoms with Crippen LogP contribution in [0.4, 0.5) is 16.3 Å². The van der Waals surface area contributed by atoms with Crippen molar-refractivity contribution in [2.24, 2.45) is 0 Å². The second-order valence-electron chi connectivity index (χ2n) is 18.0. The van der Waals surface area contributed by atoms with Crippen LogP contribution >= 0.6 is 11.3 Å². The molecule has 17 heteroatoms. The summed E-state index contributed by atoms with van der Waals surface area (Å²) in [5, 5.41) is 25.0. The Bertz CT molecular complexity index is 3200. The van der Waals surface area contributed by atoms with Crippen LogP contribution in [-0.4, -0.2) is 92.3 Å². The molecule has 0 aliphatic carbocycles. The van der Waals surface area contributed by atoms with Gasteiger partial charge in [-0.25, -0.2) is 9.78 Å². The Morgan fingerprint density at radius 1 is 0.841 bits per heavy atom. The quantitative estimate of drug-likeness (QED) is 0.0985. The van der Waals surface area contributed by atoms with E-state index in [2.05, 4.69) is 49.4 Å². The Hall–Kier alpha value is -7.18. The Balaban J connectivity index is 0.812. The van der Waals surface area contributed by atoms with Crippen LogP contribution in [0.5, 0.6) is 5.75 Å². The molecule has 0 bridgehead atoms. The minimum absolute atomic E-state index is 0.146. The lowest BCUT2D eigenvalue weighted by Crippen LogP contribution is -2.46. The van der Waals surface area contributed by atoms with Gasteiger partial charge in [-0.3, -0.25) is 9.74 Å². The van der Waals surface area contributed by atoms with Crippen molar-refractivity contribution < 1.29 is 27.9 Å². The zero-order chi connectivity index (χ0) is 48.3. The summed E-state index contributed by atoms with van der Waals surface area (Å²) in [6.45, 7) is 11.8. The minimum atomic E-state index is -3.93. The molecule has 69 heavy (non-hydrogen) atoms. The number of hydrogen-bond acceptors (Lipinski definition) is 14. The van der Waals surface area contributed by atoms with Gasteiger partial charge in [-0.2, -0.15) is 22.7 Å². The van der Waals surface area contributed by atoms with Crippen LogP contribution < -0.4 is 10.6 Å². The fourth-order valence-electron chi connectivity index (χ4n) is 8.16. The molecule has 0 spiro atoms. The maximum atomic E-state index is 13.6. The molecule has 0 unspecified atom stereocenters. The molecule has 1 fully saturated rings. The van der Waals surface area contributed by atoms with Gasteiger partial charge in [-0.05, 0) is 92.8 Å². The number of nitrogen functional groups attached to an aromatic ring is 1. The highest BCUT2D eigenvalue weighted by molar-refractivity contribution is 7.90. The molecule has 15 nitrogen and oxygen atoms in total. The number of aromatic hydroxyl groups is 1. The zero-order valence-corrected chi connectivity index (χ0v) is 40.5. The van der Waals surface area contributed by atoms with E-state index < -0.39 is 21.7 Å². The number of thiazole rings is 1. The molecule has 1 aliphatic rings. The van der Waals surface area contributed by atoms with E-state index >= 15 is 0 Å². The lowest BCUT2D eigenvalue weighted by atomic mass is 10.0. The third-order valence-electron chi connectivity index (χ3n) is 11.8. The number of phenols is 1. The minimum Gasteiger partial charge on any atom is -0.507 e. The maximum absolute atomic E-state index is 13.6. The van der Waals surface area contributed by atoms with E-state index in [1.54, 1.807) is 48.1 Å². The summed E-state index contributed by atoms with van der Waals surface area (Å²) in [6, 6.07) is 37.6. The van der Waals surface area contributed by atoms with Crippen LogP contribution in [0, 0.1) is 6.92 Å². The number of rotatable bonds is 14. The number of amides is 1. The number of aromatic nitrogens is 5. The third-order valence-corrected chi connectivity index (χ3v) is 14.3. The molecular formula is C52H53N9O6S2. The van der Waals surface area contributed by atoms with E-state index in [1.807, 2.05) is 88.4 Å². The zero-order valence-electron chi connectivity index (χ0n) is 38.8. The van der Waals surface area contributed by atoms with Gasteiger partial charge in [0.1, 0.15) is 11.4 Å². The van der Waals surface area contributed by atoms with E-state index in [9.17, 15) is 18.3 Å². The second kappa shape index (κ2) is 19.8. The number of benzene rings is 5. The molecule has 8 aromatic rings. The van der Waals surface area contributed by atoms with E-state index in [-0.39, 0.29) is 23.8 Å². The number of piperazine rings is 1. The maximum Gasteiger partial charge on any atom is 0.434 e. The fraction of sp³-hybridized carbons (Fsp3) is 0.250. The number of ether oxygens (including phenoxy) is 1. The second-order valence-corrected chi connectivity index (χ2v) is 20.6. The van der Waals surface area contributed by atoms with Crippen LogP contribution in [0.2, 0.25) is 0 Å². The highest BCUT2D eigenvalue weighted by Crippen LogP contribution is 2.37. The van der Waals surface area contributed by atoms with Crippen LogP contribution in [0.25, 0.3) is 43.9 Å². The monoisotopic (exact) mass is 963 g/mol. The summed E-state index contributed by atoms with van der Waals surface area (Å²) in [6.07, 6.45) is 1.56. The molecule has 0 saturated carbocycles. The van der Waals surface area contributed by atoms with E-state index in [4.69, 9.17) is 20.3 Å². The molecule has 1 aliphatic heterocycles. The summed E-state index contributed by atoms with van der Waals surface area (Å²) in [4.78, 5) is 30.0. The Labute approximate surface area is 405 Å². The molecule has 0 atom stereocenters. The third kappa shape index (κ3) is 10.8.